The molecule has 29 heavy (non-hydrogen) atoms. The summed E-state index contributed by atoms with van der Waals surface area (Å²) in [5.74, 6) is -1.62. The van der Waals surface area contributed by atoms with Crippen LogP contribution in [0.25, 0.3) is 0 Å². The van der Waals surface area contributed by atoms with Crippen molar-refractivity contribution in [3.05, 3.63) is 53.8 Å². The van der Waals surface area contributed by atoms with Gasteiger partial charge >= 0.3 is 0 Å². The van der Waals surface area contributed by atoms with Crippen LogP contribution >= 0.6 is 11.8 Å². The highest BCUT2D eigenvalue weighted by atomic mass is 32.2. The second kappa shape index (κ2) is 7.87. The largest absolute Gasteiger partial charge is 0.327 e. The molecule has 2 aliphatic rings. The fraction of sp³-hybridized carbons (Fsp3) is 0.286. The minimum atomic E-state index is -0.619. The highest BCUT2D eigenvalue weighted by Crippen LogP contribution is 2.32. The van der Waals surface area contributed by atoms with E-state index in [1.807, 2.05) is 18.4 Å². The number of hydrogen-bond acceptors (Lipinski definition) is 4. The molecule has 8 heteroatoms. The average molecular weight is 413 g/mol. The first-order chi connectivity index (χ1) is 14.0. The fourth-order valence-corrected chi connectivity index (χ4v) is 4.22. The number of nitrogens with one attached hydrogen (secondary N) is 1. The number of carbonyl (C=O) groups excluding carboxylic acids is 3. The molecule has 0 radical (unpaired) electrons. The van der Waals surface area contributed by atoms with Crippen LogP contribution in [-0.4, -0.2) is 48.0 Å². The van der Waals surface area contributed by atoms with Gasteiger partial charge in [0.05, 0.1) is 11.3 Å². The lowest BCUT2D eigenvalue weighted by atomic mass is 10.1. The van der Waals surface area contributed by atoms with Crippen LogP contribution in [0.15, 0.2) is 47.4 Å². The number of rotatable bonds is 4. The Morgan fingerprint density at radius 2 is 1.97 bits per heavy atom. The van der Waals surface area contributed by atoms with Gasteiger partial charge in [0.2, 0.25) is 11.8 Å². The van der Waals surface area contributed by atoms with E-state index in [1.54, 1.807) is 23.9 Å². The number of thioether (sulfide) groups is 1. The number of nitrogens with zero attached hydrogens (tertiary/aromatic N) is 2. The topological polar surface area (TPSA) is 69.7 Å². The molecule has 0 bridgehead atoms. The molecule has 0 aromatic heterocycles. The van der Waals surface area contributed by atoms with Crippen molar-refractivity contribution in [1.82, 2.24) is 4.90 Å². The van der Waals surface area contributed by atoms with E-state index in [2.05, 4.69) is 5.32 Å². The van der Waals surface area contributed by atoms with Crippen LogP contribution in [0.5, 0.6) is 0 Å². The number of carbonyl (C=O) groups is 3. The van der Waals surface area contributed by atoms with Gasteiger partial charge in [-0.3, -0.25) is 14.4 Å². The summed E-state index contributed by atoms with van der Waals surface area (Å²) in [6, 6.07) is 10.5. The summed E-state index contributed by atoms with van der Waals surface area (Å²) in [6.45, 7) is 0.201. The smallest absolute Gasteiger partial charge is 0.256 e. The molecule has 2 aromatic rings. The molecule has 6 nitrogen and oxygen atoms in total. The number of fused-ring (bicyclic) bond motifs is 2. The molecule has 1 saturated heterocycles. The zero-order chi connectivity index (χ0) is 20.5. The summed E-state index contributed by atoms with van der Waals surface area (Å²) in [6.07, 6.45) is 3.20. The van der Waals surface area contributed by atoms with Crippen LogP contribution < -0.4 is 10.2 Å². The summed E-state index contributed by atoms with van der Waals surface area (Å²) >= 11 is 1.60. The van der Waals surface area contributed by atoms with Gasteiger partial charge in [0.1, 0.15) is 18.4 Å². The quantitative estimate of drug-likeness (QED) is 0.782. The molecule has 0 saturated carbocycles. The van der Waals surface area contributed by atoms with Crippen molar-refractivity contribution in [2.75, 3.05) is 29.6 Å². The van der Waals surface area contributed by atoms with Crippen molar-refractivity contribution in [2.24, 2.45) is 0 Å². The maximum absolute atomic E-state index is 13.8. The van der Waals surface area contributed by atoms with Gasteiger partial charge in [-0.1, -0.05) is 0 Å². The third-order valence-electron chi connectivity index (χ3n) is 5.22. The summed E-state index contributed by atoms with van der Waals surface area (Å²) in [4.78, 5) is 42.5. The Balaban J connectivity index is 1.62. The van der Waals surface area contributed by atoms with Crippen molar-refractivity contribution in [3.8, 4) is 0 Å². The molecule has 2 aliphatic heterocycles. The highest BCUT2D eigenvalue weighted by Gasteiger charge is 2.42. The first-order valence-corrected chi connectivity index (χ1v) is 10.6. The van der Waals surface area contributed by atoms with Crippen molar-refractivity contribution in [1.29, 1.82) is 0 Å². The van der Waals surface area contributed by atoms with Crippen molar-refractivity contribution >= 4 is 40.9 Å². The second-order valence-electron chi connectivity index (χ2n) is 7.02. The van der Waals surface area contributed by atoms with Gasteiger partial charge in [-0.05, 0) is 61.6 Å². The molecule has 4 rings (SSSR count). The first kappa shape index (κ1) is 19.4. The SMILES string of the molecule is CSc1ccc(NC(=O)CN2C(=O)[C@@H]3CCCN3C(=O)c3cc(F)ccc32)cc1. The third-order valence-corrected chi connectivity index (χ3v) is 5.96. The maximum Gasteiger partial charge on any atom is 0.256 e. The summed E-state index contributed by atoms with van der Waals surface area (Å²) < 4.78 is 13.8. The molecule has 2 aromatic carbocycles. The monoisotopic (exact) mass is 413 g/mol. The number of anilines is 2. The molecule has 3 amide bonds. The third kappa shape index (κ3) is 3.72. The average Bonchev–Trinajstić information content (AvgIpc) is 3.19. The molecule has 150 valence electrons. The predicted octanol–water partition coefficient (Wildman–Crippen LogP) is 3.14. The Labute approximate surface area is 172 Å². The molecule has 2 heterocycles. The Morgan fingerprint density at radius 1 is 1.21 bits per heavy atom. The highest BCUT2D eigenvalue weighted by molar-refractivity contribution is 7.98. The number of hydrogen-bond donors (Lipinski definition) is 1. The van der Waals surface area contributed by atoms with Crippen LogP contribution in [0.4, 0.5) is 15.8 Å². The molecule has 0 spiro atoms. The molecular formula is C21H20FN3O3S. The van der Waals surface area contributed by atoms with Crippen molar-refractivity contribution in [3.63, 3.8) is 0 Å². The van der Waals surface area contributed by atoms with E-state index in [4.69, 9.17) is 0 Å². The van der Waals surface area contributed by atoms with Gasteiger partial charge in [-0.2, -0.15) is 0 Å². The second-order valence-corrected chi connectivity index (χ2v) is 7.90. The van der Waals surface area contributed by atoms with E-state index in [1.165, 1.54) is 21.9 Å². The van der Waals surface area contributed by atoms with E-state index < -0.39 is 11.9 Å². The summed E-state index contributed by atoms with van der Waals surface area (Å²) in [7, 11) is 0. The van der Waals surface area contributed by atoms with Gasteiger partial charge in [-0.25, -0.2) is 4.39 Å². The van der Waals surface area contributed by atoms with E-state index >= 15 is 0 Å². The van der Waals surface area contributed by atoms with Crippen LogP contribution in [-0.2, 0) is 9.59 Å². The minimum absolute atomic E-state index is 0.111. The molecule has 1 fully saturated rings. The summed E-state index contributed by atoms with van der Waals surface area (Å²) in [5, 5.41) is 2.78. The van der Waals surface area contributed by atoms with E-state index in [-0.39, 0.29) is 35.5 Å². The Morgan fingerprint density at radius 3 is 2.69 bits per heavy atom. The number of halogens is 1. The normalized spacial score (nSPS) is 18.3. The molecule has 0 unspecified atom stereocenters. The molecule has 1 N–H and O–H groups in total. The Bertz CT molecular complexity index is 980. The van der Waals surface area contributed by atoms with Crippen LogP contribution in [0, 0.1) is 5.82 Å². The predicted molar refractivity (Wildman–Crippen MR) is 110 cm³/mol. The van der Waals surface area contributed by atoms with Gasteiger partial charge in [0.15, 0.2) is 0 Å². The standard InChI is InChI=1S/C21H20FN3O3S/c1-29-15-7-5-14(6-8-15)23-19(26)12-25-17-9-4-13(22)11-16(17)20(27)24-10-2-3-18(24)21(25)28/h4-9,11,18H,2-3,10,12H2,1H3,(H,23,26)/t18-/m0/s1. The lowest BCUT2D eigenvalue weighted by Crippen LogP contribution is -2.47. The summed E-state index contributed by atoms with van der Waals surface area (Å²) in [5.41, 5.74) is 0.997. The van der Waals surface area contributed by atoms with E-state index in [0.29, 0.717) is 25.1 Å². The lowest BCUT2D eigenvalue weighted by Gasteiger charge is -2.25. The first-order valence-electron chi connectivity index (χ1n) is 9.34. The maximum atomic E-state index is 13.8. The zero-order valence-electron chi connectivity index (χ0n) is 15.9. The molecule has 1 atom stereocenters. The van der Waals surface area contributed by atoms with E-state index in [0.717, 1.165) is 11.0 Å². The van der Waals surface area contributed by atoms with Gasteiger partial charge in [0.25, 0.3) is 5.91 Å². The minimum Gasteiger partial charge on any atom is -0.327 e. The van der Waals surface area contributed by atoms with Crippen molar-refractivity contribution in [2.45, 2.75) is 23.8 Å². The zero-order valence-corrected chi connectivity index (χ0v) is 16.7. The molecular weight excluding hydrogens is 393 g/mol. The van der Waals surface area contributed by atoms with Crippen LogP contribution in [0.2, 0.25) is 0 Å². The van der Waals surface area contributed by atoms with Gasteiger partial charge in [-0.15, -0.1) is 11.8 Å². The number of amides is 3. The lowest BCUT2D eigenvalue weighted by molar-refractivity contribution is -0.124. The van der Waals surface area contributed by atoms with Crippen LogP contribution in [0.3, 0.4) is 0 Å². The van der Waals surface area contributed by atoms with E-state index in [9.17, 15) is 18.8 Å². The number of benzene rings is 2. The molecule has 0 aliphatic carbocycles. The van der Waals surface area contributed by atoms with Gasteiger partial charge < -0.3 is 15.1 Å². The Kier molecular flexibility index (Phi) is 5.27. The fourth-order valence-electron chi connectivity index (χ4n) is 3.82. The Hall–Kier alpha value is -2.87. The van der Waals surface area contributed by atoms with Crippen molar-refractivity contribution < 1.29 is 18.8 Å². The van der Waals surface area contributed by atoms with Crippen LogP contribution in [0.1, 0.15) is 23.2 Å². The van der Waals surface area contributed by atoms with Gasteiger partial charge in [0, 0.05) is 17.1 Å².